The van der Waals surface area contributed by atoms with Gasteiger partial charge in [0.15, 0.2) is 0 Å². The molecule has 0 radical (unpaired) electrons. The maximum Gasteiger partial charge on any atom is 0.239 e. The van der Waals surface area contributed by atoms with Crippen LogP contribution in [0.3, 0.4) is 0 Å². The van der Waals surface area contributed by atoms with Crippen LogP contribution in [0.2, 0.25) is 0 Å². The van der Waals surface area contributed by atoms with Crippen molar-refractivity contribution in [2.24, 2.45) is 5.73 Å². The molecule has 0 saturated heterocycles. The van der Waals surface area contributed by atoms with Gasteiger partial charge in [0.1, 0.15) is 9.84 Å². The molecule has 0 bridgehead atoms. The quantitative estimate of drug-likeness (QED) is 0.681. The van der Waals surface area contributed by atoms with Gasteiger partial charge in [-0.1, -0.05) is 0 Å². The van der Waals surface area contributed by atoms with E-state index in [9.17, 15) is 13.2 Å². The van der Waals surface area contributed by atoms with Gasteiger partial charge in [0.25, 0.3) is 0 Å². The fourth-order valence-electron chi connectivity index (χ4n) is 1.23. The van der Waals surface area contributed by atoms with Crippen molar-refractivity contribution in [3.63, 3.8) is 0 Å². The number of hydrogen-bond acceptors (Lipinski definition) is 4. The zero-order chi connectivity index (χ0) is 12.1. The topological polar surface area (TPSA) is 80.5 Å². The van der Waals surface area contributed by atoms with Crippen molar-refractivity contribution in [1.82, 2.24) is 4.90 Å². The standard InChI is InChI=1S/C9H20N2O3S/c1-4-11(5-2)9(12)8(10)6-7-15(3,13)14/h8H,4-7,10H2,1-3H3/t8-/m0/s1. The lowest BCUT2D eigenvalue weighted by molar-refractivity contribution is -0.132. The Morgan fingerprint density at radius 2 is 1.80 bits per heavy atom. The summed E-state index contributed by atoms with van der Waals surface area (Å²) in [7, 11) is -3.04. The van der Waals surface area contributed by atoms with Crippen LogP contribution in [0.4, 0.5) is 0 Å². The maximum atomic E-state index is 11.6. The molecule has 90 valence electrons. The molecule has 0 rings (SSSR count). The molecule has 1 atom stereocenters. The summed E-state index contributed by atoms with van der Waals surface area (Å²) in [5.41, 5.74) is 5.62. The van der Waals surface area contributed by atoms with Crippen LogP contribution in [-0.2, 0) is 14.6 Å². The van der Waals surface area contributed by atoms with Crippen LogP contribution in [0, 0.1) is 0 Å². The van der Waals surface area contributed by atoms with Crippen molar-refractivity contribution in [3.8, 4) is 0 Å². The summed E-state index contributed by atoms with van der Waals surface area (Å²) >= 11 is 0. The Morgan fingerprint density at radius 1 is 1.33 bits per heavy atom. The molecule has 0 aromatic heterocycles. The third-order valence-electron chi connectivity index (χ3n) is 2.19. The first-order chi connectivity index (χ1) is 6.81. The molecule has 0 fully saturated rings. The summed E-state index contributed by atoms with van der Waals surface area (Å²) in [6, 6.07) is -0.709. The number of carbonyl (C=O) groups excluding carboxylic acids is 1. The van der Waals surface area contributed by atoms with Gasteiger partial charge < -0.3 is 10.6 Å². The number of sulfone groups is 1. The second-order valence-corrected chi connectivity index (χ2v) is 5.80. The first kappa shape index (κ1) is 14.4. The van der Waals surface area contributed by atoms with Gasteiger partial charge in [0.2, 0.25) is 5.91 Å². The number of carbonyl (C=O) groups is 1. The smallest absolute Gasteiger partial charge is 0.239 e. The van der Waals surface area contributed by atoms with Crippen molar-refractivity contribution < 1.29 is 13.2 Å². The summed E-state index contributed by atoms with van der Waals surface area (Å²) in [5.74, 6) is -0.218. The monoisotopic (exact) mass is 236 g/mol. The Labute approximate surface area is 91.5 Å². The molecule has 0 saturated carbocycles. The van der Waals surface area contributed by atoms with E-state index in [4.69, 9.17) is 5.73 Å². The fraction of sp³-hybridized carbons (Fsp3) is 0.889. The Kier molecular flexibility index (Phi) is 5.82. The van der Waals surface area contributed by atoms with E-state index >= 15 is 0 Å². The van der Waals surface area contributed by atoms with Gasteiger partial charge in [-0.2, -0.15) is 0 Å². The lowest BCUT2D eigenvalue weighted by Crippen LogP contribution is -2.44. The van der Waals surface area contributed by atoms with Crippen LogP contribution in [0.15, 0.2) is 0 Å². The van der Waals surface area contributed by atoms with Gasteiger partial charge in [0, 0.05) is 19.3 Å². The van der Waals surface area contributed by atoms with Crippen molar-refractivity contribution in [1.29, 1.82) is 0 Å². The molecule has 5 nitrogen and oxygen atoms in total. The molecule has 2 N–H and O–H groups in total. The predicted octanol–water partition coefficient (Wildman–Crippen LogP) is -0.383. The van der Waals surface area contributed by atoms with Crippen molar-refractivity contribution >= 4 is 15.7 Å². The zero-order valence-corrected chi connectivity index (χ0v) is 10.4. The Balaban J connectivity index is 4.21. The number of likely N-dealkylation sites (N-methyl/N-ethyl adjacent to an activating group) is 1. The molecule has 0 aromatic rings. The van der Waals surface area contributed by atoms with Crippen molar-refractivity contribution in [2.75, 3.05) is 25.1 Å². The van der Waals surface area contributed by atoms with Crippen LogP contribution >= 0.6 is 0 Å². The second kappa shape index (κ2) is 6.07. The highest BCUT2D eigenvalue weighted by Gasteiger charge is 2.19. The minimum Gasteiger partial charge on any atom is -0.342 e. The minimum absolute atomic E-state index is 0.0405. The lowest BCUT2D eigenvalue weighted by atomic mass is 10.2. The summed E-state index contributed by atoms with van der Waals surface area (Å²) in [6.07, 6.45) is 1.33. The van der Waals surface area contributed by atoms with Crippen molar-refractivity contribution in [2.45, 2.75) is 26.3 Å². The van der Waals surface area contributed by atoms with Crippen LogP contribution in [0.1, 0.15) is 20.3 Å². The Hall–Kier alpha value is -0.620. The first-order valence-electron chi connectivity index (χ1n) is 5.03. The number of hydrogen-bond donors (Lipinski definition) is 1. The third-order valence-corrected chi connectivity index (χ3v) is 3.17. The maximum absolute atomic E-state index is 11.6. The summed E-state index contributed by atoms with van der Waals surface area (Å²) < 4.78 is 21.8. The fourth-order valence-corrected chi connectivity index (χ4v) is 1.92. The highest BCUT2D eigenvalue weighted by atomic mass is 32.2. The van der Waals surface area contributed by atoms with E-state index < -0.39 is 15.9 Å². The van der Waals surface area contributed by atoms with E-state index in [2.05, 4.69) is 0 Å². The van der Waals surface area contributed by atoms with Crippen molar-refractivity contribution in [3.05, 3.63) is 0 Å². The Morgan fingerprint density at radius 3 is 2.13 bits per heavy atom. The molecule has 0 aliphatic rings. The molecule has 0 aliphatic heterocycles. The second-order valence-electron chi connectivity index (χ2n) is 3.54. The van der Waals surface area contributed by atoms with E-state index in [0.717, 1.165) is 6.26 Å². The van der Waals surface area contributed by atoms with Crippen LogP contribution in [0.25, 0.3) is 0 Å². The highest BCUT2D eigenvalue weighted by molar-refractivity contribution is 7.90. The highest BCUT2D eigenvalue weighted by Crippen LogP contribution is 1.99. The van der Waals surface area contributed by atoms with Gasteiger partial charge in [-0.25, -0.2) is 8.42 Å². The van der Waals surface area contributed by atoms with Gasteiger partial charge in [0.05, 0.1) is 11.8 Å². The summed E-state index contributed by atoms with van der Waals surface area (Å²) in [5, 5.41) is 0. The third kappa shape index (κ3) is 5.74. The molecule has 15 heavy (non-hydrogen) atoms. The van der Waals surface area contributed by atoms with Gasteiger partial charge >= 0.3 is 0 Å². The molecule has 0 heterocycles. The lowest BCUT2D eigenvalue weighted by Gasteiger charge is -2.22. The average molecular weight is 236 g/mol. The largest absolute Gasteiger partial charge is 0.342 e. The van der Waals surface area contributed by atoms with E-state index in [0.29, 0.717) is 13.1 Å². The number of nitrogens with two attached hydrogens (primary N) is 1. The molecule has 0 aromatic carbocycles. The SMILES string of the molecule is CCN(CC)C(=O)[C@@H](N)CCS(C)(=O)=O. The number of amides is 1. The average Bonchev–Trinajstić information content (AvgIpc) is 2.14. The van der Waals surface area contributed by atoms with E-state index in [-0.39, 0.29) is 18.1 Å². The van der Waals surface area contributed by atoms with Gasteiger partial charge in [-0.15, -0.1) is 0 Å². The molecule has 1 amide bonds. The van der Waals surface area contributed by atoms with E-state index in [1.54, 1.807) is 4.90 Å². The molecular weight excluding hydrogens is 216 g/mol. The molecule has 0 spiro atoms. The number of nitrogens with zero attached hydrogens (tertiary/aromatic N) is 1. The van der Waals surface area contributed by atoms with Crippen LogP contribution < -0.4 is 5.73 Å². The van der Waals surface area contributed by atoms with E-state index in [1.807, 2.05) is 13.8 Å². The molecular formula is C9H20N2O3S. The Bertz CT molecular complexity index is 296. The predicted molar refractivity (Wildman–Crippen MR) is 60.2 cm³/mol. The summed E-state index contributed by atoms with van der Waals surface area (Å²) in [6.45, 7) is 4.93. The number of rotatable bonds is 6. The van der Waals surface area contributed by atoms with E-state index in [1.165, 1.54) is 0 Å². The van der Waals surface area contributed by atoms with Gasteiger partial charge in [-0.05, 0) is 20.3 Å². The van der Waals surface area contributed by atoms with Gasteiger partial charge in [-0.3, -0.25) is 4.79 Å². The normalized spacial score (nSPS) is 13.6. The summed E-state index contributed by atoms with van der Waals surface area (Å²) in [4.78, 5) is 13.2. The molecule has 6 heteroatoms. The van der Waals surface area contributed by atoms with Crippen LogP contribution in [0.5, 0.6) is 0 Å². The molecule has 0 aliphatic carbocycles. The zero-order valence-electron chi connectivity index (χ0n) is 9.56. The molecule has 0 unspecified atom stereocenters. The minimum atomic E-state index is -3.04. The first-order valence-corrected chi connectivity index (χ1v) is 7.10. The van der Waals surface area contributed by atoms with Crippen LogP contribution in [-0.4, -0.2) is 50.4 Å².